The first kappa shape index (κ1) is 11.4. The lowest BCUT2D eigenvalue weighted by Crippen LogP contribution is -2.29. The highest BCUT2D eigenvalue weighted by Gasteiger charge is 2.19. The number of hydrogen-bond donors (Lipinski definition) is 1. The number of nitrogens with zero attached hydrogens (tertiary/aromatic N) is 1. The van der Waals surface area contributed by atoms with E-state index in [1.54, 1.807) is 6.07 Å². The lowest BCUT2D eigenvalue weighted by atomic mass is 10.1. The van der Waals surface area contributed by atoms with Crippen molar-refractivity contribution < 1.29 is 9.84 Å². The van der Waals surface area contributed by atoms with E-state index >= 15 is 0 Å². The zero-order valence-corrected chi connectivity index (χ0v) is 9.72. The highest BCUT2D eigenvalue weighted by molar-refractivity contribution is 5.34. The Hall–Kier alpha value is -1.06. The lowest BCUT2D eigenvalue weighted by molar-refractivity contribution is 0.133. The van der Waals surface area contributed by atoms with Gasteiger partial charge in [0.15, 0.2) is 0 Å². The van der Waals surface area contributed by atoms with E-state index in [0.29, 0.717) is 5.75 Å². The Morgan fingerprint density at radius 3 is 2.88 bits per heavy atom. The minimum absolute atomic E-state index is 0.253. The van der Waals surface area contributed by atoms with Crippen LogP contribution in [0.25, 0.3) is 0 Å². The summed E-state index contributed by atoms with van der Waals surface area (Å²) in [5.41, 5.74) is 1.00. The first-order valence-electron chi connectivity index (χ1n) is 5.88. The first-order valence-corrected chi connectivity index (χ1v) is 5.88. The molecule has 1 heterocycles. The zero-order valence-electron chi connectivity index (χ0n) is 9.72. The van der Waals surface area contributed by atoms with E-state index in [1.807, 2.05) is 18.2 Å². The zero-order chi connectivity index (χ0) is 11.4. The summed E-state index contributed by atoms with van der Waals surface area (Å²) in [6, 6.07) is 7.82. The fraction of sp³-hybridized carbons (Fsp3) is 0.538. The Morgan fingerprint density at radius 1 is 1.25 bits per heavy atom. The van der Waals surface area contributed by atoms with E-state index in [2.05, 4.69) is 11.8 Å². The molecule has 2 rings (SSSR count). The second-order valence-corrected chi connectivity index (χ2v) is 4.24. The summed E-state index contributed by atoms with van der Waals surface area (Å²) in [7, 11) is 0. The summed E-state index contributed by atoms with van der Waals surface area (Å²) in [6.07, 6.45) is 1.07. The van der Waals surface area contributed by atoms with Crippen LogP contribution in [0.2, 0.25) is 0 Å². The van der Waals surface area contributed by atoms with Gasteiger partial charge in [0.25, 0.3) is 0 Å². The van der Waals surface area contributed by atoms with Gasteiger partial charge in [-0.25, -0.2) is 0 Å². The monoisotopic (exact) mass is 221 g/mol. The summed E-state index contributed by atoms with van der Waals surface area (Å²) in [5.74, 6) is 0.389. The maximum Gasteiger partial charge on any atom is 0.120 e. The molecule has 1 saturated heterocycles. The van der Waals surface area contributed by atoms with Crippen molar-refractivity contribution in [2.45, 2.75) is 19.4 Å². The average Bonchev–Trinajstić information content (AvgIpc) is 2.57. The van der Waals surface area contributed by atoms with Gasteiger partial charge in [0.2, 0.25) is 0 Å². The topological polar surface area (TPSA) is 32.7 Å². The minimum Gasteiger partial charge on any atom is -0.508 e. The summed E-state index contributed by atoms with van der Waals surface area (Å²) < 4.78 is 5.44. The molecule has 0 aliphatic carbocycles. The fourth-order valence-electron chi connectivity index (χ4n) is 2.19. The fourth-order valence-corrected chi connectivity index (χ4v) is 2.19. The van der Waals surface area contributed by atoms with Crippen LogP contribution in [-0.2, 0) is 4.74 Å². The van der Waals surface area contributed by atoms with Gasteiger partial charge < -0.3 is 9.84 Å². The van der Waals surface area contributed by atoms with Crippen LogP contribution >= 0.6 is 0 Å². The molecule has 1 aromatic carbocycles. The third kappa shape index (κ3) is 2.54. The number of hydrogen-bond acceptors (Lipinski definition) is 3. The first-order chi connectivity index (χ1) is 7.79. The summed E-state index contributed by atoms with van der Waals surface area (Å²) in [6.45, 7) is 5.76. The van der Waals surface area contributed by atoms with Crippen molar-refractivity contribution in [3.8, 4) is 5.75 Å². The van der Waals surface area contributed by atoms with Crippen LogP contribution in [0.5, 0.6) is 5.75 Å². The second-order valence-electron chi connectivity index (χ2n) is 4.24. The molecule has 1 atom stereocenters. The van der Waals surface area contributed by atoms with Crippen LogP contribution in [0.1, 0.15) is 24.9 Å². The third-order valence-electron chi connectivity index (χ3n) is 3.19. The quantitative estimate of drug-likeness (QED) is 0.830. The molecule has 0 bridgehead atoms. The van der Waals surface area contributed by atoms with E-state index in [9.17, 15) is 5.11 Å². The molecule has 1 fully saturated rings. The van der Waals surface area contributed by atoms with Crippen LogP contribution in [0.15, 0.2) is 24.3 Å². The molecule has 16 heavy (non-hydrogen) atoms. The van der Waals surface area contributed by atoms with Gasteiger partial charge in [0.1, 0.15) is 5.75 Å². The number of ether oxygens (including phenoxy) is 1. The van der Waals surface area contributed by atoms with E-state index in [4.69, 9.17) is 4.74 Å². The number of rotatable bonds is 2. The molecular formula is C13H19NO2. The van der Waals surface area contributed by atoms with Crippen molar-refractivity contribution in [2.75, 3.05) is 26.3 Å². The summed E-state index contributed by atoms with van der Waals surface area (Å²) >= 11 is 0. The standard InChI is InChI=1S/C13H19NO2/c1-11(12-5-2-3-6-13(12)15)14-7-4-9-16-10-8-14/h2-3,5-6,11,15H,4,7-10H2,1H3. The van der Waals surface area contributed by atoms with Crippen molar-refractivity contribution >= 4 is 0 Å². The maximum atomic E-state index is 9.82. The molecule has 1 N–H and O–H groups in total. The number of para-hydroxylation sites is 1. The van der Waals surface area contributed by atoms with Gasteiger partial charge in [-0.15, -0.1) is 0 Å². The Morgan fingerprint density at radius 2 is 2.06 bits per heavy atom. The van der Waals surface area contributed by atoms with Crippen LogP contribution in [0.4, 0.5) is 0 Å². The summed E-state index contributed by atoms with van der Waals surface area (Å²) in [4.78, 5) is 2.36. The van der Waals surface area contributed by atoms with Crippen LogP contribution in [-0.4, -0.2) is 36.3 Å². The Labute approximate surface area is 96.6 Å². The van der Waals surface area contributed by atoms with E-state index in [-0.39, 0.29) is 6.04 Å². The maximum absolute atomic E-state index is 9.82. The van der Waals surface area contributed by atoms with Crippen LogP contribution < -0.4 is 0 Å². The van der Waals surface area contributed by atoms with Crippen molar-refractivity contribution in [3.05, 3.63) is 29.8 Å². The van der Waals surface area contributed by atoms with Gasteiger partial charge in [0.05, 0.1) is 6.61 Å². The average molecular weight is 221 g/mol. The molecule has 0 radical (unpaired) electrons. The highest BCUT2D eigenvalue weighted by atomic mass is 16.5. The predicted octanol–water partition coefficient (Wildman–Crippen LogP) is 2.18. The number of aromatic hydroxyl groups is 1. The van der Waals surface area contributed by atoms with Crippen molar-refractivity contribution in [3.63, 3.8) is 0 Å². The molecule has 0 amide bonds. The number of phenolic OH excluding ortho intramolecular Hbond substituents is 1. The largest absolute Gasteiger partial charge is 0.508 e. The molecule has 3 nitrogen and oxygen atoms in total. The molecule has 0 aromatic heterocycles. The van der Waals surface area contributed by atoms with Gasteiger partial charge in [-0.2, -0.15) is 0 Å². The van der Waals surface area contributed by atoms with E-state index in [1.165, 1.54) is 0 Å². The van der Waals surface area contributed by atoms with Crippen LogP contribution in [0, 0.1) is 0 Å². The van der Waals surface area contributed by atoms with E-state index < -0.39 is 0 Å². The Bertz CT molecular complexity index is 332. The normalized spacial score (nSPS) is 20.3. The molecule has 0 saturated carbocycles. The number of phenols is 1. The molecule has 0 spiro atoms. The van der Waals surface area contributed by atoms with E-state index in [0.717, 1.165) is 38.3 Å². The SMILES string of the molecule is CC(c1ccccc1O)N1CCCOCC1. The number of benzene rings is 1. The van der Waals surface area contributed by atoms with Gasteiger partial charge >= 0.3 is 0 Å². The second kappa shape index (κ2) is 5.32. The third-order valence-corrected chi connectivity index (χ3v) is 3.19. The lowest BCUT2D eigenvalue weighted by Gasteiger charge is -2.27. The Kier molecular flexibility index (Phi) is 3.80. The molecule has 1 unspecified atom stereocenters. The highest BCUT2D eigenvalue weighted by Crippen LogP contribution is 2.28. The Balaban J connectivity index is 2.11. The van der Waals surface area contributed by atoms with Crippen LogP contribution in [0.3, 0.4) is 0 Å². The van der Waals surface area contributed by atoms with Crippen molar-refractivity contribution in [2.24, 2.45) is 0 Å². The molecule has 3 heteroatoms. The van der Waals surface area contributed by atoms with Gasteiger partial charge in [0, 0.05) is 31.3 Å². The molecule has 1 aliphatic heterocycles. The molecule has 88 valence electrons. The predicted molar refractivity (Wildman–Crippen MR) is 63.5 cm³/mol. The molecular weight excluding hydrogens is 202 g/mol. The molecule has 1 aromatic rings. The minimum atomic E-state index is 0.253. The van der Waals surface area contributed by atoms with Crippen molar-refractivity contribution in [1.82, 2.24) is 4.90 Å². The van der Waals surface area contributed by atoms with Gasteiger partial charge in [-0.05, 0) is 19.4 Å². The summed E-state index contributed by atoms with van der Waals surface area (Å²) in [5, 5.41) is 9.82. The van der Waals surface area contributed by atoms with Gasteiger partial charge in [-0.1, -0.05) is 18.2 Å². The van der Waals surface area contributed by atoms with Gasteiger partial charge in [-0.3, -0.25) is 4.90 Å². The van der Waals surface area contributed by atoms with Crippen molar-refractivity contribution in [1.29, 1.82) is 0 Å². The smallest absolute Gasteiger partial charge is 0.120 e. The molecule has 1 aliphatic rings.